The molecule has 0 fully saturated rings. The lowest BCUT2D eigenvalue weighted by Crippen LogP contribution is -2.20. The van der Waals surface area contributed by atoms with E-state index < -0.39 is 11.9 Å². The van der Waals surface area contributed by atoms with E-state index in [1.807, 2.05) is 11.9 Å². The van der Waals surface area contributed by atoms with Crippen molar-refractivity contribution in [3.05, 3.63) is 36.0 Å². The van der Waals surface area contributed by atoms with Crippen LogP contribution in [0.25, 0.3) is 33.3 Å². The van der Waals surface area contributed by atoms with E-state index >= 15 is 0 Å². The Morgan fingerprint density at radius 2 is 2.00 bits per heavy atom. The van der Waals surface area contributed by atoms with Gasteiger partial charge in [0.1, 0.15) is 17.4 Å². The molecule has 0 amide bonds. The third kappa shape index (κ3) is 4.01. The van der Waals surface area contributed by atoms with Gasteiger partial charge in [-0.2, -0.15) is 28.6 Å². The minimum Gasteiger partial charge on any atom is -0.383 e. The molecule has 0 atom stereocenters. The quantitative estimate of drug-likeness (QED) is 0.471. The van der Waals surface area contributed by atoms with E-state index in [0.29, 0.717) is 78.3 Å². The van der Waals surface area contributed by atoms with Gasteiger partial charge in [-0.25, -0.2) is 9.67 Å². The molecule has 1 aliphatic rings. The number of aromatic nitrogens is 6. The van der Waals surface area contributed by atoms with Crippen LogP contribution in [0.5, 0.6) is 0 Å². The molecule has 182 valence electrons. The monoisotopic (exact) mass is 484 g/mol. The van der Waals surface area contributed by atoms with Crippen molar-refractivity contribution in [3.63, 3.8) is 0 Å². The standard InChI is InChI=1S/C23H23F3N8O/c1-32-5-3-4-6-33-13-17(20(30-33)23(24,25)26)16-12-29-21-15(16)9-14(11-28-21)19-18(10-27)34(7-8-35-2)31-22(19)32/h9,11-13H,3-8H2,1-2H3,(H,28,29). The van der Waals surface area contributed by atoms with Gasteiger partial charge in [-0.15, -0.1) is 0 Å². The van der Waals surface area contributed by atoms with Gasteiger partial charge in [-0.3, -0.25) is 4.68 Å². The number of rotatable bonds is 3. The Labute approximate surface area is 198 Å². The molecule has 4 aromatic rings. The number of anilines is 1. The van der Waals surface area contributed by atoms with Crippen molar-refractivity contribution < 1.29 is 17.9 Å². The number of pyridine rings is 1. The van der Waals surface area contributed by atoms with Crippen LogP contribution in [0.4, 0.5) is 19.0 Å². The number of methoxy groups -OCH3 is 1. The second kappa shape index (κ2) is 8.74. The van der Waals surface area contributed by atoms with Crippen molar-refractivity contribution in [3.8, 4) is 28.3 Å². The van der Waals surface area contributed by atoms with Crippen molar-refractivity contribution in [1.82, 2.24) is 29.5 Å². The molecule has 5 rings (SSSR count). The maximum absolute atomic E-state index is 13.9. The van der Waals surface area contributed by atoms with Crippen LogP contribution in [0.2, 0.25) is 0 Å². The number of ether oxygens (including phenoxy) is 1. The summed E-state index contributed by atoms with van der Waals surface area (Å²) in [6.07, 6.45) is 1.30. The third-order valence-electron chi connectivity index (χ3n) is 6.18. The summed E-state index contributed by atoms with van der Waals surface area (Å²) in [4.78, 5) is 9.39. The number of nitrogens with one attached hydrogen (secondary N) is 1. The lowest BCUT2D eigenvalue weighted by atomic mass is 10.0. The van der Waals surface area contributed by atoms with Crippen LogP contribution in [-0.2, 0) is 24.0 Å². The summed E-state index contributed by atoms with van der Waals surface area (Å²) in [7, 11) is 3.47. The van der Waals surface area contributed by atoms with Crippen molar-refractivity contribution in [1.29, 1.82) is 5.26 Å². The Kier molecular flexibility index (Phi) is 5.72. The Morgan fingerprint density at radius 1 is 1.20 bits per heavy atom. The number of hydrogen-bond donors (Lipinski definition) is 1. The Morgan fingerprint density at radius 3 is 2.74 bits per heavy atom. The van der Waals surface area contributed by atoms with Crippen LogP contribution in [0.15, 0.2) is 24.7 Å². The molecule has 0 saturated heterocycles. The molecule has 35 heavy (non-hydrogen) atoms. The zero-order valence-electron chi connectivity index (χ0n) is 19.2. The molecule has 12 heteroatoms. The van der Waals surface area contributed by atoms with E-state index in [-0.39, 0.29) is 5.56 Å². The first-order chi connectivity index (χ1) is 16.8. The fraction of sp³-hybridized carbons (Fsp3) is 0.391. The summed E-state index contributed by atoms with van der Waals surface area (Å²) in [6, 6.07) is 4.00. The molecule has 5 heterocycles. The predicted octanol–water partition coefficient (Wildman–Crippen LogP) is 4.06. The van der Waals surface area contributed by atoms with Gasteiger partial charge in [-0.1, -0.05) is 0 Å². The maximum atomic E-state index is 13.9. The maximum Gasteiger partial charge on any atom is 0.435 e. The van der Waals surface area contributed by atoms with E-state index in [1.54, 1.807) is 24.1 Å². The lowest BCUT2D eigenvalue weighted by molar-refractivity contribution is -0.141. The number of H-pyrrole nitrogens is 1. The number of fused-ring (bicyclic) bond motifs is 6. The molecule has 0 radical (unpaired) electrons. The highest BCUT2D eigenvalue weighted by atomic mass is 19.4. The first-order valence-corrected chi connectivity index (χ1v) is 11.1. The number of halogens is 3. The second-order valence-corrected chi connectivity index (χ2v) is 8.48. The first-order valence-electron chi connectivity index (χ1n) is 11.1. The van der Waals surface area contributed by atoms with Crippen LogP contribution in [-0.4, -0.2) is 56.8 Å². The summed E-state index contributed by atoms with van der Waals surface area (Å²) >= 11 is 0. The molecule has 0 saturated carbocycles. The molecule has 1 N–H and O–H groups in total. The van der Waals surface area contributed by atoms with Gasteiger partial charge in [0.15, 0.2) is 11.5 Å². The number of alkyl halides is 3. The second-order valence-electron chi connectivity index (χ2n) is 8.48. The van der Waals surface area contributed by atoms with Gasteiger partial charge in [0, 0.05) is 67.9 Å². The number of hydrogen-bond acceptors (Lipinski definition) is 6. The Hall–Kier alpha value is -3.85. The number of aryl methyl sites for hydroxylation is 1. The van der Waals surface area contributed by atoms with Gasteiger partial charge < -0.3 is 14.6 Å². The zero-order valence-corrected chi connectivity index (χ0v) is 19.2. The Bertz CT molecular complexity index is 1430. The first kappa shape index (κ1) is 22.9. The predicted molar refractivity (Wildman–Crippen MR) is 123 cm³/mol. The fourth-order valence-electron chi connectivity index (χ4n) is 4.47. The van der Waals surface area contributed by atoms with Crippen molar-refractivity contribution in [2.24, 2.45) is 0 Å². The van der Waals surface area contributed by atoms with Gasteiger partial charge in [0.05, 0.1) is 18.7 Å². The van der Waals surface area contributed by atoms with Crippen LogP contribution in [0.3, 0.4) is 0 Å². The molecule has 0 spiro atoms. The molecule has 9 nitrogen and oxygen atoms in total. The minimum atomic E-state index is -4.60. The van der Waals surface area contributed by atoms with E-state index in [1.165, 1.54) is 17.1 Å². The van der Waals surface area contributed by atoms with Crippen LogP contribution in [0.1, 0.15) is 24.2 Å². The number of nitriles is 1. The summed E-state index contributed by atoms with van der Waals surface area (Å²) in [5.41, 5.74) is 1.39. The molecule has 4 bridgehead atoms. The molecule has 0 unspecified atom stereocenters. The third-order valence-corrected chi connectivity index (χ3v) is 6.18. The van der Waals surface area contributed by atoms with E-state index in [0.717, 1.165) is 0 Å². The van der Waals surface area contributed by atoms with E-state index in [9.17, 15) is 18.4 Å². The number of nitrogens with zero attached hydrogens (tertiary/aromatic N) is 7. The summed E-state index contributed by atoms with van der Waals surface area (Å²) < 4.78 is 49.8. The largest absolute Gasteiger partial charge is 0.435 e. The molecule has 0 aliphatic carbocycles. The summed E-state index contributed by atoms with van der Waals surface area (Å²) in [5, 5.41) is 19.1. The van der Waals surface area contributed by atoms with Gasteiger partial charge >= 0.3 is 6.18 Å². The van der Waals surface area contributed by atoms with Gasteiger partial charge in [-0.05, 0) is 18.9 Å². The molecule has 4 aromatic heterocycles. The van der Waals surface area contributed by atoms with Gasteiger partial charge in [0.2, 0.25) is 0 Å². The van der Waals surface area contributed by atoms with Crippen molar-refractivity contribution >= 4 is 16.9 Å². The SMILES string of the molecule is COCCn1nc2c(c1C#N)-c1cnc3[nH]cc(c3c1)-c1cn(nc1C(F)(F)F)CCCCN2C. The highest BCUT2D eigenvalue weighted by molar-refractivity contribution is 5.97. The lowest BCUT2D eigenvalue weighted by Gasteiger charge is -2.18. The molecule has 1 aliphatic heterocycles. The average molecular weight is 484 g/mol. The summed E-state index contributed by atoms with van der Waals surface area (Å²) in [6.45, 7) is 1.71. The van der Waals surface area contributed by atoms with Gasteiger partial charge in [0.25, 0.3) is 0 Å². The molecular formula is C23H23F3N8O. The average Bonchev–Trinajstić information content (AvgIpc) is 3.53. The van der Waals surface area contributed by atoms with Crippen molar-refractivity contribution in [2.75, 3.05) is 32.2 Å². The normalized spacial score (nSPS) is 14.2. The smallest absolute Gasteiger partial charge is 0.383 e. The number of aromatic amines is 1. The molecule has 0 aromatic carbocycles. The summed E-state index contributed by atoms with van der Waals surface area (Å²) in [5.74, 6) is 0.614. The van der Waals surface area contributed by atoms with Crippen LogP contribution in [0, 0.1) is 11.3 Å². The van der Waals surface area contributed by atoms with Crippen LogP contribution < -0.4 is 4.90 Å². The van der Waals surface area contributed by atoms with Crippen molar-refractivity contribution in [2.45, 2.75) is 32.1 Å². The topological polar surface area (TPSA) is 101 Å². The highest BCUT2D eigenvalue weighted by Crippen LogP contribution is 2.41. The Balaban J connectivity index is 1.77. The van der Waals surface area contributed by atoms with Crippen LogP contribution >= 0.6 is 0 Å². The fourth-order valence-corrected chi connectivity index (χ4v) is 4.47. The molecular weight excluding hydrogens is 461 g/mol. The van der Waals surface area contributed by atoms with E-state index in [2.05, 4.69) is 21.1 Å². The minimum absolute atomic E-state index is 0.00611. The highest BCUT2D eigenvalue weighted by Gasteiger charge is 2.38. The van der Waals surface area contributed by atoms with E-state index in [4.69, 9.17) is 9.84 Å². The zero-order chi connectivity index (χ0) is 24.7.